The van der Waals surface area contributed by atoms with Gasteiger partial charge in [0, 0.05) is 12.6 Å². The lowest BCUT2D eigenvalue weighted by atomic mass is 10.1. The van der Waals surface area contributed by atoms with Gasteiger partial charge in [-0.05, 0) is 37.6 Å². The molecule has 1 aromatic carbocycles. The van der Waals surface area contributed by atoms with Gasteiger partial charge in [0.2, 0.25) is 0 Å². The number of hydrogen-bond acceptors (Lipinski definition) is 4. The van der Waals surface area contributed by atoms with Gasteiger partial charge in [0.05, 0.1) is 4.92 Å². The van der Waals surface area contributed by atoms with E-state index in [9.17, 15) is 19.3 Å². The molecule has 0 saturated carbocycles. The van der Waals surface area contributed by atoms with E-state index >= 15 is 0 Å². The van der Waals surface area contributed by atoms with Crippen molar-refractivity contribution in [3.8, 4) is 0 Å². The molecule has 0 aromatic heterocycles. The second-order valence-corrected chi connectivity index (χ2v) is 4.49. The maximum Gasteiger partial charge on any atom is 0.282 e. The normalized spacial score (nSPS) is 17.4. The quantitative estimate of drug-likeness (QED) is 0.652. The monoisotopic (exact) mass is 303 g/mol. The van der Waals surface area contributed by atoms with Crippen LogP contribution in [0, 0.1) is 21.8 Å². The van der Waals surface area contributed by atoms with Crippen LogP contribution in [0.5, 0.6) is 0 Å². The van der Waals surface area contributed by atoms with Gasteiger partial charge >= 0.3 is 0 Å². The predicted octanol–water partition coefficient (Wildman–Crippen LogP) is 1.50. The zero-order valence-corrected chi connectivity index (χ0v) is 11.4. The highest BCUT2D eigenvalue weighted by Crippen LogP contribution is 2.19. The fourth-order valence-electron chi connectivity index (χ4n) is 2.07. The SMILES string of the molecule is Cl.O=C(NCC1CCNC1)c1cc(F)ccc1[N+](=O)[O-]. The summed E-state index contributed by atoms with van der Waals surface area (Å²) in [5.41, 5.74) is -0.626. The molecule has 0 spiro atoms. The number of nitrogens with zero attached hydrogens (tertiary/aromatic N) is 1. The van der Waals surface area contributed by atoms with Crippen LogP contribution in [0.1, 0.15) is 16.8 Å². The van der Waals surface area contributed by atoms with Crippen LogP contribution in [0.3, 0.4) is 0 Å². The van der Waals surface area contributed by atoms with E-state index in [1.165, 1.54) is 0 Å². The fourth-order valence-corrected chi connectivity index (χ4v) is 2.07. The lowest BCUT2D eigenvalue weighted by molar-refractivity contribution is -0.385. The minimum atomic E-state index is -0.689. The third kappa shape index (κ3) is 3.88. The summed E-state index contributed by atoms with van der Waals surface area (Å²) < 4.78 is 13.1. The van der Waals surface area contributed by atoms with E-state index in [-0.39, 0.29) is 23.7 Å². The molecule has 8 heteroatoms. The summed E-state index contributed by atoms with van der Waals surface area (Å²) in [6.45, 7) is 2.14. The number of nitrogens with one attached hydrogen (secondary N) is 2. The Labute approximate surface area is 121 Å². The molecule has 20 heavy (non-hydrogen) atoms. The van der Waals surface area contributed by atoms with Crippen molar-refractivity contribution in [2.24, 2.45) is 5.92 Å². The molecule has 2 rings (SSSR count). The van der Waals surface area contributed by atoms with Gasteiger partial charge in [0.1, 0.15) is 11.4 Å². The van der Waals surface area contributed by atoms with Crippen molar-refractivity contribution in [1.29, 1.82) is 0 Å². The third-order valence-corrected chi connectivity index (χ3v) is 3.11. The Morgan fingerprint density at radius 3 is 2.90 bits per heavy atom. The third-order valence-electron chi connectivity index (χ3n) is 3.11. The lowest BCUT2D eigenvalue weighted by Crippen LogP contribution is -2.30. The average Bonchev–Trinajstić information content (AvgIpc) is 2.88. The van der Waals surface area contributed by atoms with Crippen molar-refractivity contribution in [2.75, 3.05) is 19.6 Å². The molecule has 0 aliphatic carbocycles. The molecule has 0 bridgehead atoms. The number of nitro groups is 1. The Morgan fingerprint density at radius 2 is 2.30 bits per heavy atom. The maximum absolute atomic E-state index is 13.1. The first-order valence-electron chi connectivity index (χ1n) is 6.01. The van der Waals surface area contributed by atoms with E-state index < -0.39 is 16.6 Å². The molecule has 1 atom stereocenters. The van der Waals surface area contributed by atoms with Gasteiger partial charge in [0.25, 0.3) is 11.6 Å². The van der Waals surface area contributed by atoms with Gasteiger partial charge in [0.15, 0.2) is 0 Å². The Kier molecular flexibility index (Phi) is 5.84. The number of hydrogen-bond donors (Lipinski definition) is 2. The van der Waals surface area contributed by atoms with Crippen molar-refractivity contribution >= 4 is 24.0 Å². The second-order valence-electron chi connectivity index (χ2n) is 4.49. The number of nitro benzene ring substituents is 1. The van der Waals surface area contributed by atoms with Gasteiger partial charge in [-0.15, -0.1) is 12.4 Å². The molecular formula is C12H15ClFN3O3. The number of carbonyl (C=O) groups excluding carboxylic acids is 1. The maximum atomic E-state index is 13.1. The highest BCUT2D eigenvalue weighted by molar-refractivity contribution is 5.98. The average molecular weight is 304 g/mol. The fraction of sp³-hybridized carbons (Fsp3) is 0.417. The first-order chi connectivity index (χ1) is 9.08. The zero-order valence-electron chi connectivity index (χ0n) is 10.6. The van der Waals surface area contributed by atoms with Crippen LogP contribution in [-0.4, -0.2) is 30.5 Å². The second kappa shape index (κ2) is 7.16. The summed E-state index contributed by atoms with van der Waals surface area (Å²) in [6.07, 6.45) is 0.950. The molecule has 0 radical (unpaired) electrons. The van der Waals surface area contributed by atoms with Crippen molar-refractivity contribution in [2.45, 2.75) is 6.42 Å². The van der Waals surface area contributed by atoms with Crippen LogP contribution in [0.25, 0.3) is 0 Å². The van der Waals surface area contributed by atoms with E-state index in [0.717, 1.165) is 37.7 Å². The van der Waals surface area contributed by atoms with E-state index in [1.807, 2.05) is 0 Å². The van der Waals surface area contributed by atoms with Gasteiger partial charge in [-0.2, -0.15) is 0 Å². The van der Waals surface area contributed by atoms with Crippen molar-refractivity contribution in [1.82, 2.24) is 10.6 Å². The van der Waals surface area contributed by atoms with Gasteiger partial charge < -0.3 is 10.6 Å². The van der Waals surface area contributed by atoms with Crippen LogP contribution in [0.15, 0.2) is 18.2 Å². The summed E-state index contributed by atoms with van der Waals surface area (Å²) >= 11 is 0. The summed E-state index contributed by atoms with van der Waals surface area (Å²) in [6, 6.07) is 2.86. The number of carbonyl (C=O) groups is 1. The Bertz CT molecular complexity index is 507. The molecular weight excluding hydrogens is 289 g/mol. The molecule has 1 amide bonds. The molecule has 1 fully saturated rings. The summed E-state index contributed by atoms with van der Waals surface area (Å²) in [7, 11) is 0. The van der Waals surface area contributed by atoms with Crippen molar-refractivity contribution < 1.29 is 14.1 Å². The molecule has 1 aromatic rings. The van der Waals surface area contributed by atoms with Crippen molar-refractivity contribution in [3.05, 3.63) is 39.7 Å². The van der Waals surface area contributed by atoms with Crippen LogP contribution < -0.4 is 10.6 Å². The molecule has 1 unspecified atom stereocenters. The van der Waals surface area contributed by atoms with E-state index in [2.05, 4.69) is 10.6 Å². The summed E-state index contributed by atoms with van der Waals surface area (Å²) in [4.78, 5) is 22.0. The molecule has 110 valence electrons. The minimum Gasteiger partial charge on any atom is -0.351 e. The first kappa shape index (κ1) is 16.3. The van der Waals surface area contributed by atoms with Crippen LogP contribution >= 0.6 is 12.4 Å². The van der Waals surface area contributed by atoms with E-state index in [1.54, 1.807) is 0 Å². The van der Waals surface area contributed by atoms with Crippen LogP contribution in [-0.2, 0) is 0 Å². The van der Waals surface area contributed by atoms with Crippen LogP contribution in [0.2, 0.25) is 0 Å². The Hall–Kier alpha value is -1.73. The summed E-state index contributed by atoms with van der Waals surface area (Å²) in [5, 5.41) is 16.6. The van der Waals surface area contributed by atoms with Gasteiger partial charge in [-0.3, -0.25) is 14.9 Å². The standard InChI is InChI=1S/C12H14FN3O3.ClH/c13-9-1-2-11(16(18)19)10(5-9)12(17)15-7-8-3-4-14-6-8;/h1-2,5,8,14H,3-4,6-7H2,(H,15,17);1H. The Morgan fingerprint density at radius 1 is 1.55 bits per heavy atom. The lowest BCUT2D eigenvalue weighted by Gasteiger charge is -2.10. The van der Waals surface area contributed by atoms with Crippen LogP contribution in [0.4, 0.5) is 10.1 Å². The van der Waals surface area contributed by atoms with Gasteiger partial charge in [-0.25, -0.2) is 4.39 Å². The first-order valence-corrected chi connectivity index (χ1v) is 6.01. The molecule has 6 nitrogen and oxygen atoms in total. The number of amides is 1. The predicted molar refractivity (Wildman–Crippen MR) is 73.6 cm³/mol. The molecule has 1 aliphatic heterocycles. The highest BCUT2D eigenvalue weighted by Gasteiger charge is 2.22. The molecule has 2 N–H and O–H groups in total. The number of benzene rings is 1. The topological polar surface area (TPSA) is 84.3 Å². The minimum absolute atomic E-state index is 0. The zero-order chi connectivity index (χ0) is 13.8. The molecule has 1 saturated heterocycles. The smallest absolute Gasteiger partial charge is 0.282 e. The largest absolute Gasteiger partial charge is 0.351 e. The van der Waals surface area contributed by atoms with Gasteiger partial charge in [-0.1, -0.05) is 0 Å². The van der Waals surface area contributed by atoms with E-state index in [4.69, 9.17) is 0 Å². The van der Waals surface area contributed by atoms with E-state index in [0.29, 0.717) is 12.5 Å². The molecule has 1 aliphatic rings. The number of halogens is 2. The number of rotatable bonds is 4. The van der Waals surface area contributed by atoms with Crippen molar-refractivity contribution in [3.63, 3.8) is 0 Å². The molecule has 1 heterocycles. The Balaban J connectivity index is 0.00000200. The summed E-state index contributed by atoms with van der Waals surface area (Å²) in [5.74, 6) is -0.965. The highest BCUT2D eigenvalue weighted by atomic mass is 35.5.